The molecule has 3 N–H and O–H groups in total. The molecule has 3 aromatic rings. The van der Waals surface area contributed by atoms with E-state index in [4.69, 9.17) is 17.4 Å². The van der Waals surface area contributed by atoms with E-state index in [0.717, 1.165) is 21.5 Å². The molecule has 0 saturated heterocycles. The number of thiophene rings is 1. The quantitative estimate of drug-likeness (QED) is 0.576. The van der Waals surface area contributed by atoms with E-state index in [9.17, 15) is 0 Å². The lowest BCUT2D eigenvalue weighted by Gasteiger charge is -2.12. The summed E-state index contributed by atoms with van der Waals surface area (Å²) in [4.78, 5) is 0.980. The van der Waals surface area contributed by atoms with Crippen molar-refractivity contribution in [1.29, 1.82) is 0 Å². The van der Waals surface area contributed by atoms with Gasteiger partial charge in [0, 0.05) is 17.3 Å². The van der Waals surface area contributed by atoms with Gasteiger partial charge in [-0.1, -0.05) is 29.8 Å². The van der Waals surface area contributed by atoms with Crippen LogP contribution >= 0.6 is 22.9 Å². The molecule has 1 unspecified atom stereocenters. The number of rotatable bonds is 3. The molecule has 0 aliphatic carbocycles. The zero-order chi connectivity index (χ0) is 13.4. The molecule has 98 valence electrons. The van der Waals surface area contributed by atoms with E-state index in [1.165, 1.54) is 0 Å². The molecule has 0 aliphatic heterocycles. The maximum Gasteiger partial charge on any atom is 0.101 e. The zero-order valence-corrected chi connectivity index (χ0v) is 11.9. The van der Waals surface area contributed by atoms with Gasteiger partial charge in [-0.05, 0) is 17.5 Å². The zero-order valence-electron chi connectivity index (χ0n) is 10.3. The molecule has 0 saturated carbocycles. The Kier molecular flexibility index (Phi) is 3.28. The molecule has 0 amide bonds. The van der Waals surface area contributed by atoms with Crippen molar-refractivity contribution in [2.75, 3.05) is 0 Å². The van der Waals surface area contributed by atoms with Crippen molar-refractivity contribution in [2.45, 2.75) is 6.04 Å². The maximum absolute atomic E-state index is 6.20. The van der Waals surface area contributed by atoms with Gasteiger partial charge in [-0.2, -0.15) is 5.10 Å². The van der Waals surface area contributed by atoms with Gasteiger partial charge in [-0.15, -0.1) is 11.3 Å². The summed E-state index contributed by atoms with van der Waals surface area (Å²) >= 11 is 7.77. The predicted octanol–water partition coefficient (Wildman–Crippen LogP) is 2.84. The highest BCUT2D eigenvalue weighted by atomic mass is 35.5. The van der Waals surface area contributed by atoms with Crippen LogP contribution in [0.4, 0.5) is 0 Å². The van der Waals surface area contributed by atoms with Crippen molar-refractivity contribution < 1.29 is 0 Å². The number of aryl methyl sites for hydroxylation is 1. The number of hydrazine groups is 1. The maximum atomic E-state index is 6.20. The summed E-state index contributed by atoms with van der Waals surface area (Å²) in [6.45, 7) is 0. The minimum atomic E-state index is -0.196. The minimum Gasteiger partial charge on any atom is -0.270 e. The standard InChI is InChI=1S/C13H13ClN4S/c1-18-10-5-3-2-4-8(10)11(17-18)12(16-15)13-9(14)6-7-19-13/h2-7,12,16H,15H2,1H3. The molecular formula is C13H13ClN4S. The van der Waals surface area contributed by atoms with E-state index >= 15 is 0 Å². The highest BCUT2D eigenvalue weighted by molar-refractivity contribution is 7.10. The Morgan fingerprint density at radius 2 is 2.16 bits per heavy atom. The Morgan fingerprint density at radius 1 is 1.37 bits per heavy atom. The highest BCUT2D eigenvalue weighted by Crippen LogP contribution is 2.34. The van der Waals surface area contributed by atoms with Crippen LogP contribution in [0.1, 0.15) is 16.6 Å². The first-order chi connectivity index (χ1) is 9.22. The summed E-state index contributed by atoms with van der Waals surface area (Å²) in [5.41, 5.74) is 4.79. The Balaban J connectivity index is 2.20. The molecule has 0 radical (unpaired) electrons. The van der Waals surface area contributed by atoms with E-state index < -0.39 is 0 Å². The molecule has 2 aromatic heterocycles. The SMILES string of the molecule is Cn1nc(C(NN)c2sccc2Cl)c2ccccc21. The summed E-state index contributed by atoms with van der Waals surface area (Å²) in [7, 11) is 1.93. The van der Waals surface area contributed by atoms with Gasteiger partial charge in [-0.3, -0.25) is 10.5 Å². The molecular weight excluding hydrogens is 280 g/mol. The molecule has 1 atom stereocenters. The fourth-order valence-corrected chi connectivity index (χ4v) is 3.47. The van der Waals surface area contributed by atoms with Gasteiger partial charge >= 0.3 is 0 Å². The normalized spacial score (nSPS) is 13.0. The molecule has 0 fully saturated rings. The first-order valence-corrected chi connectivity index (χ1v) is 7.08. The second-order valence-electron chi connectivity index (χ2n) is 4.26. The number of hydrogen-bond donors (Lipinski definition) is 2. The monoisotopic (exact) mass is 292 g/mol. The summed E-state index contributed by atoms with van der Waals surface area (Å²) in [5, 5.41) is 8.32. The van der Waals surface area contributed by atoms with Crippen LogP contribution in [0, 0.1) is 0 Å². The van der Waals surface area contributed by atoms with Gasteiger partial charge in [0.25, 0.3) is 0 Å². The Morgan fingerprint density at radius 3 is 2.84 bits per heavy atom. The van der Waals surface area contributed by atoms with Crippen molar-refractivity contribution >= 4 is 33.8 Å². The van der Waals surface area contributed by atoms with Gasteiger partial charge < -0.3 is 0 Å². The molecule has 0 spiro atoms. The largest absolute Gasteiger partial charge is 0.270 e. The average Bonchev–Trinajstić information content (AvgIpc) is 2.98. The molecule has 0 bridgehead atoms. The summed E-state index contributed by atoms with van der Waals surface area (Å²) < 4.78 is 1.86. The van der Waals surface area contributed by atoms with E-state index in [-0.39, 0.29) is 6.04 Å². The number of halogens is 1. The number of aromatic nitrogens is 2. The smallest absolute Gasteiger partial charge is 0.101 e. The van der Waals surface area contributed by atoms with E-state index in [0.29, 0.717) is 5.02 Å². The second kappa shape index (κ2) is 4.94. The third-order valence-corrected chi connectivity index (χ3v) is 4.56. The van der Waals surface area contributed by atoms with Crippen LogP contribution < -0.4 is 11.3 Å². The number of nitrogens with two attached hydrogens (primary N) is 1. The van der Waals surface area contributed by atoms with Crippen molar-refractivity contribution in [3.8, 4) is 0 Å². The molecule has 19 heavy (non-hydrogen) atoms. The Hall–Kier alpha value is -1.40. The lowest BCUT2D eigenvalue weighted by molar-refractivity contribution is 0.616. The highest BCUT2D eigenvalue weighted by Gasteiger charge is 2.22. The lowest BCUT2D eigenvalue weighted by Crippen LogP contribution is -2.29. The van der Waals surface area contributed by atoms with Gasteiger partial charge in [0.05, 0.1) is 16.2 Å². The van der Waals surface area contributed by atoms with Crippen LogP contribution in [0.3, 0.4) is 0 Å². The molecule has 2 heterocycles. The number of benzene rings is 1. The number of para-hydroxylation sites is 1. The van der Waals surface area contributed by atoms with Crippen LogP contribution in [-0.2, 0) is 7.05 Å². The third kappa shape index (κ3) is 2.04. The van der Waals surface area contributed by atoms with Gasteiger partial charge in [0.1, 0.15) is 6.04 Å². The van der Waals surface area contributed by atoms with Gasteiger partial charge in [0.2, 0.25) is 0 Å². The number of fused-ring (bicyclic) bond motifs is 1. The van der Waals surface area contributed by atoms with Gasteiger partial charge in [0.15, 0.2) is 0 Å². The number of nitrogens with zero attached hydrogens (tertiary/aromatic N) is 2. The number of hydrogen-bond acceptors (Lipinski definition) is 4. The van der Waals surface area contributed by atoms with Crippen LogP contribution in [0.15, 0.2) is 35.7 Å². The first-order valence-electron chi connectivity index (χ1n) is 5.83. The Bertz CT molecular complexity index is 718. The van der Waals surface area contributed by atoms with Crippen LogP contribution in [-0.4, -0.2) is 9.78 Å². The van der Waals surface area contributed by atoms with E-state index in [1.807, 2.05) is 47.4 Å². The van der Waals surface area contributed by atoms with Crippen molar-refractivity contribution in [3.05, 3.63) is 51.3 Å². The van der Waals surface area contributed by atoms with Crippen molar-refractivity contribution in [2.24, 2.45) is 12.9 Å². The summed E-state index contributed by atoms with van der Waals surface area (Å²) in [6.07, 6.45) is 0. The summed E-state index contributed by atoms with van der Waals surface area (Å²) in [5.74, 6) is 5.71. The topological polar surface area (TPSA) is 55.9 Å². The number of nitrogens with one attached hydrogen (secondary N) is 1. The van der Waals surface area contributed by atoms with Crippen LogP contribution in [0.2, 0.25) is 5.02 Å². The average molecular weight is 293 g/mol. The van der Waals surface area contributed by atoms with E-state index in [2.05, 4.69) is 10.5 Å². The fraction of sp³-hybridized carbons (Fsp3) is 0.154. The second-order valence-corrected chi connectivity index (χ2v) is 5.61. The molecule has 3 rings (SSSR count). The van der Waals surface area contributed by atoms with Crippen molar-refractivity contribution in [1.82, 2.24) is 15.2 Å². The first kappa shape index (κ1) is 12.6. The molecule has 6 heteroatoms. The predicted molar refractivity (Wildman–Crippen MR) is 79.2 cm³/mol. The fourth-order valence-electron chi connectivity index (χ4n) is 2.25. The van der Waals surface area contributed by atoms with E-state index in [1.54, 1.807) is 11.3 Å². The van der Waals surface area contributed by atoms with Crippen LogP contribution in [0.5, 0.6) is 0 Å². The third-order valence-electron chi connectivity index (χ3n) is 3.13. The Labute approximate surface area is 119 Å². The van der Waals surface area contributed by atoms with Crippen LogP contribution in [0.25, 0.3) is 10.9 Å². The lowest BCUT2D eigenvalue weighted by atomic mass is 10.1. The minimum absolute atomic E-state index is 0.196. The molecule has 1 aromatic carbocycles. The summed E-state index contributed by atoms with van der Waals surface area (Å²) in [6, 6.07) is 9.75. The molecule has 0 aliphatic rings. The molecule has 4 nitrogen and oxygen atoms in total. The van der Waals surface area contributed by atoms with Gasteiger partial charge in [-0.25, -0.2) is 5.43 Å². The van der Waals surface area contributed by atoms with Crippen molar-refractivity contribution in [3.63, 3.8) is 0 Å².